The van der Waals surface area contributed by atoms with E-state index in [1.165, 1.54) is 16.4 Å². The number of hydrogen-bond donors (Lipinski definition) is 3. The molecular formula is C21H22ClN3O4S. The molecule has 1 aliphatic heterocycles. The minimum absolute atomic E-state index is 0.384. The second-order valence-corrected chi connectivity index (χ2v) is 8.83. The van der Waals surface area contributed by atoms with Crippen LogP contribution in [0.5, 0.6) is 0 Å². The number of hydrogen-bond acceptors (Lipinski definition) is 7. The summed E-state index contributed by atoms with van der Waals surface area (Å²) in [5.74, 6) is 0. The molecule has 4 rings (SSSR count). The first-order valence-corrected chi connectivity index (χ1v) is 10.8. The van der Waals surface area contributed by atoms with Crippen LogP contribution in [-0.4, -0.2) is 60.7 Å². The molecule has 1 aliphatic rings. The van der Waals surface area contributed by atoms with Gasteiger partial charge >= 0.3 is 0 Å². The Morgan fingerprint density at radius 1 is 1.13 bits per heavy atom. The third-order valence-corrected chi connectivity index (χ3v) is 6.46. The van der Waals surface area contributed by atoms with E-state index in [0.717, 1.165) is 16.0 Å². The Bertz CT molecular complexity index is 1000. The van der Waals surface area contributed by atoms with Crippen molar-refractivity contribution in [3.05, 3.63) is 65.3 Å². The number of ether oxygens (including phenoxy) is 1. The third-order valence-electron chi connectivity index (χ3n) is 5.06. The zero-order valence-electron chi connectivity index (χ0n) is 16.2. The van der Waals surface area contributed by atoms with Gasteiger partial charge in [-0.15, -0.1) is 5.10 Å². The van der Waals surface area contributed by atoms with E-state index in [-0.39, 0.29) is 6.61 Å². The fraction of sp³-hybridized carbons (Fsp3) is 0.333. The number of benzene rings is 2. The molecule has 7 nitrogen and oxygen atoms in total. The summed E-state index contributed by atoms with van der Waals surface area (Å²) in [6.07, 6.45) is -1.45. The van der Waals surface area contributed by atoms with E-state index in [2.05, 4.69) is 10.3 Å². The molecule has 2 aromatic carbocycles. The summed E-state index contributed by atoms with van der Waals surface area (Å²) in [6.45, 7) is 1.61. The number of thioether (sulfide) groups is 1. The van der Waals surface area contributed by atoms with Gasteiger partial charge in [0.1, 0.15) is 35.5 Å². The molecule has 3 aromatic rings. The van der Waals surface area contributed by atoms with E-state index in [0.29, 0.717) is 10.7 Å². The Morgan fingerprint density at radius 2 is 1.90 bits per heavy atom. The van der Waals surface area contributed by atoms with Gasteiger partial charge in [-0.05, 0) is 31.2 Å². The SMILES string of the molecule is Cc1ccc(S[C@@H]2O[C@H](CO)[C@H](O)[C@H](n3cc(-c4cccc(Cl)c4)nn3)[C@H]2O)cc1. The summed E-state index contributed by atoms with van der Waals surface area (Å²) >= 11 is 7.39. The quantitative estimate of drug-likeness (QED) is 0.552. The van der Waals surface area contributed by atoms with Crippen LogP contribution in [0.1, 0.15) is 11.6 Å². The number of halogens is 1. The van der Waals surface area contributed by atoms with E-state index in [9.17, 15) is 15.3 Å². The van der Waals surface area contributed by atoms with Gasteiger partial charge in [0, 0.05) is 15.5 Å². The van der Waals surface area contributed by atoms with E-state index in [1.807, 2.05) is 43.3 Å². The standard InChI is InChI=1S/C21H22ClN3O4S/c1-12-5-7-15(8-6-12)30-21-20(28)18(19(27)17(11-26)29-21)25-10-16(23-24-25)13-3-2-4-14(22)9-13/h2-10,17-21,26-28H,11H2,1H3/t17-,18+,19+,20-,21+/m1/s1. The molecule has 0 bridgehead atoms. The zero-order chi connectivity index (χ0) is 21.3. The first-order chi connectivity index (χ1) is 14.5. The molecule has 0 amide bonds. The van der Waals surface area contributed by atoms with Crippen molar-refractivity contribution in [2.75, 3.05) is 6.61 Å². The Labute approximate surface area is 183 Å². The summed E-state index contributed by atoms with van der Waals surface area (Å²) in [5, 5.41) is 40.3. The van der Waals surface area contributed by atoms with Crippen molar-refractivity contribution in [1.29, 1.82) is 0 Å². The lowest BCUT2D eigenvalue weighted by Crippen LogP contribution is -2.55. The molecule has 0 aliphatic carbocycles. The molecule has 1 fully saturated rings. The molecule has 0 unspecified atom stereocenters. The van der Waals surface area contributed by atoms with Crippen molar-refractivity contribution in [2.45, 2.75) is 41.6 Å². The highest BCUT2D eigenvalue weighted by Crippen LogP contribution is 2.38. The number of aliphatic hydroxyl groups is 3. The molecule has 1 aromatic heterocycles. The number of aryl methyl sites for hydroxylation is 1. The highest BCUT2D eigenvalue weighted by atomic mass is 35.5. The largest absolute Gasteiger partial charge is 0.394 e. The van der Waals surface area contributed by atoms with Crippen molar-refractivity contribution in [2.24, 2.45) is 0 Å². The van der Waals surface area contributed by atoms with E-state index in [4.69, 9.17) is 16.3 Å². The lowest BCUT2D eigenvalue weighted by Gasteiger charge is -2.41. The topological polar surface area (TPSA) is 101 Å². The average Bonchev–Trinajstić information content (AvgIpc) is 3.21. The van der Waals surface area contributed by atoms with Crippen LogP contribution in [-0.2, 0) is 4.74 Å². The molecular weight excluding hydrogens is 426 g/mol. The second-order valence-electron chi connectivity index (χ2n) is 7.22. The van der Waals surface area contributed by atoms with Gasteiger partial charge in [-0.1, -0.05) is 58.4 Å². The first-order valence-electron chi connectivity index (χ1n) is 9.50. The highest BCUT2D eigenvalue weighted by Gasteiger charge is 2.46. The van der Waals surface area contributed by atoms with Crippen molar-refractivity contribution < 1.29 is 20.1 Å². The molecule has 1 saturated heterocycles. The number of aromatic nitrogens is 3. The van der Waals surface area contributed by atoms with Gasteiger partial charge in [-0.3, -0.25) is 0 Å². The van der Waals surface area contributed by atoms with Gasteiger partial charge in [-0.2, -0.15) is 0 Å². The summed E-state index contributed by atoms with van der Waals surface area (Å²) in [4.78, 5) is 0.912. The Kier molecular flexibility index (Phi) is 6.43. The monoisotopic (exact) mass is 447 g/mol. The van der Waals surface area contributed by atoms with E-state index >= 15 is 0 Å². The molecule has 2 heterocycles. The van der Waals surface area contributed by atoms with Gasteiger partial charge in [0.25, 0.3) is 0 Å². The van der Waals surface area contributed by atoms with Crippen molar-refractivity contribution >= 4 is 23.4 Å². The molecule has 158 valence electrons. The van der Waals surface area contributed by atoms with Crippen molar-refractivity contribution in [3.8, 4) is 11.3 Å². The maximum Gasteiger partial charge on any atom is 0.136 e. The van der Waals surface area contributed by atoms with Gasteiger partial charge < -0.3 is 20.1 Å². The molecule has 0 spiro atoms. The van der Waals surface area contributed by atoms with Crippen molar-refractivity contribution in [1.82, 2.24) is 15.0 Å². The van der Waals surface area contributed by atoms with Crippen LogP contribution in [0.4, 0.5) is 0 Å². The second kappa shape index (κ2) is 9.05. The van der Waals surface area contributed by atoms with Crippen LogP contribution < -0.4 is 0 Å². The Balaban J connectivity index is 1.61. The van der Waals surface area contributed by atoms with Gasteiger partial charge in [0.05, 0.1) is 12.8 Å². The predicted molar refractivity (Wildman–Crippen MR) is 114 cm³/mol. The minimum Gasteiger partial charge on any atom is -0.394 e. The van der Waals surface area contributed by atoms with Crippen molar-refractivity contribution in [3.63, 3.8) is 0 Å². The van der Waals surface area contributed by atoms with Gasteiger partial charge in [0.15, 0.2) is 0 Å². The van der Waals surface area contributed by atoms with Crippen LogP contribution in [0.2, 0.25) is 5.02 Å². The van der Waals surface area contributed by atoms with E-state index in [1.54, 1.807) is 18.3 Å². The molecule has 0 saturated carbocycles. The molecule has 9 heteroatoms. The summed E-state index contributed by atoms with van der Waals surface area (Å²) in [5.41, 5.74) is 1.76. The Hall–Kier alpha value is -1.94. The maximum atomic E-state index is 11.0. The van der Waals surface area contributed by atoms with Crippen LogP contribution in [0.3, 0.4) is 0 Å². The lowest BCUT2D eigenvalue weighted by molar-refractivity contribution is -0.178. The van der Waals surface area contributed by atoms with Crippen LogP contribution >= 0.6 is 23.4 Å². The molecule has 0 radical (unpaired) electrons. The zero-order valence-corrected chi connectivity index (χ0v) is 17.7. The highest BCUT2D eigenvalue weighted by molar-refractivity contribution is 7.99. The third kappa shape index (κ3) is 4.39. The maximum absolute atomic E-state index is 11.0. The first kappa shape index (κ1) is 21.3. The van der Waals surface area contributed by atoms with Gasteiger partial charge in [-0.25, -0.2) is 4.68 Å². The smallest absolute Gasteiger partial charge is 0.136 e. The summed E-state index contributed by atoms with van der Waals surface area (Å²) in [6, 6.07) is 14.2. The van der Waals surface area contributed by atoms with Crippen LogP contribution in [0.25, 0.3) is 11.3 Å². The fourth-order valence-electron chi connectivity index (χ4n) is 3.43. The van der Waals surface area contributed by atoms with Crippen LogP contribution in [0, 0.1) is 6.92 Å². The number of nitrogens with zero attached hydrogens (tertiary/aromatic N) is 3. The number of aliphatic hydroxyl groups excluding tert-OH is 3. The average molecular weight is 448 g/mol. The molecule has 5 atom stereocenters. The van der Waals surface area contributed by atoms with Crippen LogP contribution in [0.15, 0.2) is 59.6 Å². The minimum atomic E-state index is -1.16. The summed E-state index contributed by atoms with van der Waals surface area (Å²) < 4.78 is 7.22. The Morgan fingerprint density at radius 3 is 2.60 bits per heavy atom. The number of rotatable bonds is 5. The summed E-state index contributed by atoms with van der Waals surface area (Å²) in [7, 11) is 0. The predicted octanol–water partition coefficient (Wildman–Crippen LogP) is 2.68. The normalized spacial score (nSPS) is 26.6. The lowest BCUT2D eigenvalue weighted by atomic mass is 9.97. The van der Waals surface area contributed by atoms with Gasteiger partial charge in [0.2, 0.25) is 0 Å². The fourth-order valence-corrected chi connectivity index (χ4v) is 4.68. The molecule has 3 N–H and O–H groups in total. The van der Waals surface area contributed by atoms with E-state index < -0.39 is 29.8 Å². The molecule has 30 heavy (non-hydrogen) atoms.